The molecule has 2 fully saturated rings. The van der Waals surface area contributed by atoms with Gasteiger partial charge in [0.25, 0.3) is 0 Å². The molecule has 0 aromatic heterocycles. The van der Waals surface area contributed by atoms with Gasteiger partial charge in [-0.15, -0.1) is 12.6 Å². The molecule has 0 aromatic carbocycles. The van der Waals surface area contributed by atoms with E-state index >= 15 is 0 Å². The summed E-state index contributed by atoms with van der Waals surface area (Å²) >= 11 is 4.63. The Hall–Kier alpha value is -0.0700. The highest BCUT2D eigenvalue weighted by atomic mass is 32.1. The maximum Gasteiger partial charge on any atom is 0.0773 e. The van der Waals surface area contributed by atoms with Gasteiger partial charge in [-0.05, 0) is 51.4 Å². The van der Waals surface area contributed by atoms with Crippen molar-refractivity contribution in [2.45, 2.75) is 74.7 Å². The molecule has 2 spiro atoms. The average Bonchev–Trinajstić information content (AvgIpc) is 2.59. The molecule has 108 valence electrons. The van der Waals surface area contributed by atoms with Crippen molar-refractivity contribution in [3.8, 4) is 0 Å². The maximum atomic E-state index is 10.8. The third-order valence-electron chi connectivity index (χ3n) is 5.31. The van der Waals surface area contributed by atoms with Gasteiger partial charge in [0.1, 0.15) is 0 Å². The molecular weight excluding hydrogens is 262 g/mol. The predicted octanol–water partition coefficient (Wildman–Crippen LogP) is 1.85. The molecule has 0 amide bonds. The second-order valence-corrected chi connectivity index (χ2v) is 6.92. The standard InChI is InChI=1S/C14H23NO3S/c16-10-1-5-13(6-2-10)9-12(19)14(15(13)18)7-3-11(17)4-8-14/h9-11,16-19H,1-8H2. The lowest BCUT2D eigenvalue weighted by molar-refractivity contribution is -0.225. The number of hydrogen-bond donors (Lipinski definition) is 4. The first-order valence-electron chi connectivity index (χ1n) is 7.26. The lowest BCUT2D eigenvalue weighted by atomic mass is 9.78. The van der Waals surface area contributed by atoms with E-state index in [2.05, 4.69) is 18.7 Å². The highest BCUT2D eigenvalue weighted by Gasteiger charge is 2.55. The quantitative estimate of drug-likeness (QED) is 0.513. The van der Waals surface area contributed by atoms with Crippen LogP contribution in [0.5, 0.6) is 0 Å². The summed E-state index contributed by atoms with van der Waals surface area (Å²) in [5, 5.41) is 31.7. The van der Waals surface area contributed by atoms with E-state index in [-0.39, 0.29) is 17.7 Å². The summed E-state index contributed by atoms with van der Waals surface area (Å²) in [6, 6.07) is 0. The summed E-state index contributed by atoms with van der Waals surface area (Å²) in [6.07, 6.45) is 7.57. The van der Waals surface area contributed by atoms with E-state index < -0.39 is 5.54 Å². The van der Waals surface area contributed by atoms with Crippen molar-refractivity contribution in [3.05, 3.63) is 11.0 Å². The third-order valence-corrected chi connectivity index (χ3v) is 5.86. The van der Waals surface area contributed by atoms with Crippen LogP contribution in [0.4, 0.5) is 0 Å². The molecule has 1 aliphatic heterocycles. The topological polar surface area (TPSA) is 63.9 Å². The number of aliphatic hydroxyl groups is 2. The minimum absolute atomic E-state index is 0.236. The van der Waals surface area contributed by atoms with Crippen molar-refractivity contribution in [3.63, 3.8) is 0 Å². The zero-order chi connectivity index (χ0) is 13.7. The largest absolute Gasteiger partial charge is 0.393 e. The van der Waals surface area contributed by atoms with Crippen molar-refractivity contribution in [2.75, 3.05) is 0 Å². The number of hydrogen-bond acceptors (Lipinski definition) is 5. The number of hydroxylamine groups is 2. The van der Waals surface area contributed by atoms with E-state index in [0.717, 1.165) is 43.4 Å². The molecule has 1 heterocycles. The van der Waals surface area contributed by atoms with Crippen LogP contribution >= 0.6 is 12.6 Å². The van der Waals surface area contributed by atoms with Crippen LogP contribution < -0.4 is 0 Å². The van der Waals surface area contributed by atoms with Crippen molar-refractivity contribution < 1.29 is 15.4 Å². The van der Waals surface area contributed by atoms with Crippen LogP contribution in [-0.4, -0.2) is 43.8 Å². The number of thiol groups is 1. The van der Waals surface area contributed by atoms with Crippen LogP contribution in [0.15, 0.2) is 11.0 Å². The van der Waals surface area contributed by atoms with Gasteiger partial charge in [-0.2, -0.15) is 5.06 Å². The van der Waals surface area contributed by atoms with Crippen LogP contribution in [0.3, 0.4) is 0 Å². The molecule has 0 unspecified atom stereocenters. The molecule has 3 N–H and O–H groups in total. The predicted molar refractivity (Wildman–Crippen MR) is 75.1 cm³/mol. The summed E-state index contributed by atoms with van der Waals surface area (Å²) in [5.74, 6) is 0. The summed E-state index contributed by atoms with van der Waals surface area (Å²) in [4.78, 5) is 0.943. The molecule has 0 bridgehead atoms. The first-order chi connectivity index (χ1) is 8.98. The van der Waals surface area contributed by atoms with E-state index in [1.54, 1.807) is 0 Å². The second kappa shape index (κ2) is 4.74. The molecule has 5 heteroatoms. The summed E-state index contributed by atoms with van der Waals surface area (Å²) in [7, 11) is 0. The monoisotopic (exact) mass is 285 g/mol. The van der Waals surface area contributed by atoms with Crippen LogP contribution in [0.25, 0.3) is 0 Å². The molecule has 0 saturated heterocycles. The van der Waals surface area contributed by atoms with Gasteiger partial charge in [0.2, 0.25) is 0 Å². The highest BCUT2D eigenvalue weighted by molar-refractivity contribution is 7.84. The molecule has 0 radical (unpaired) electrons. The molecule has 3 aliphatic rings. The fourth-order valence-corrected chi connectivity index (χ4v) is 4.55. The Morgan fingerprint density at radius 1 is 1.00 bits per heavy atom. The SMILES string of the molecule is OC1CCC2(C=C(S)C3(CCC(O)CC3)N2O)CC1. The Bertz CT molecular complexity index is 382. The number of rotatable bonds is 0. The van der Waals surface area contributed by atoms with E-state index in [4.69, 9.17) is 0 Å². The normalized spacial score (nSPS) is 47.9. The zero-order valence-electron chi connectivity index (χ0n) is 11.1. The van der Waals surface area contributed by atoms with E-state index in [0.29, 0.717) is 12.8 Å². The average molecular weight is 285 g/mol. The lowest BCUT2D eigenvalue weighted by Crippen LogP contribution is -2.56. The van der Waals surface area contributed by atoms with Gasteiger partial charge in [0.15, 0.2) is 0 Å². The van der Waals surface area contributed by atoms with Crippen LogP contribution in [-0.2, 0) is 0 Å². The molecule has 19 heavy (non-hydrogen) atoms. The molecule has 2 aliphatic carbocycles. The van der Waals surface area contributed by atoms with Crippen molar-refractivity contribution in [1.29, 1.82) is 0 Å². The van der Waals surface area contributed by atoms with Crippen LogP contribution in [0, 0.1) is 0 Å². The summed E-state index contributed by atoms with van der Waals surface area (Å²) in [6.45, 7) is 0. The maximum absolute atomic E-state index is 10.8. The summed E-state index contributed by atoms with van der Waals surface area (Å²) < 4.78 is 0. The minimum atomic E-state index is -0.398. The van der Waals surface area contributed by atoms with Gasteiger partial charge in [-0.3, -0.25) is 0 Å². The smallest absolute Gasteiger partial charge is 0.0773 e. The van der Waals surface area contributed by atoms with Crippen LogP contribution in [0.2, 0.25) is 0 Å². The van der Waals surface area contributed by atoms with Gasteiger partial charge < -0.3 is 15.4 Å². The Morgan fingerprint density at radius 2 is 1.47 bits per heavy atom. The minimum Gasteiger partial charge on any atom is -0.393 e. The first-order valence-corrected chi connectivity index (χ1v) is 7.71. The Labute approximate surface area is 119 Å². The first kappa shape index (κ1) is 13.9. The van der Waals surface area contributed by atoms with E-state index in [9.17, 15) is 15.4 Å². The highest BCUT2D eigenvalue weighted by Crippen LogP contribution is 2.52. The van der Waals surface area contributed by atoms with Gasteiger partial charge >= 0.3 is 0 Å². The fourth-order valence-electron chi connectivity index (χ4n) is 3.99. The molecule has 2 saturated carbocycles. The zero-order valence-corrected chi connectivity index (χ0v) is 12.0. The molecule has 0 aromatic rings. The Balaban J connectivity index is 1.85. The van der Waals surface area contributed by atoms with Crippen LogP contribution in [0.1, 0.15) is 51.4 Å². The molecule has 4 nitrogen and oxygen atoms in total. The Kier molecular flexibility index (Phi) is 3.47. The van der Waals surface area contributed by atoms with Gasteiger partial charge in [0, 0.05) is 4.91 Å². The Morgan fingerprint density at radius 3 is 2.00 bits per heavy atom. The van der Waals surface area contributed by atoms with E-state index in [1.165, 1.54) is 5.06 Å². The lowest BCUT2D eigenvalue weighted by Gasteiger charge is -2.48. The molecular formula is C14H23NO3S. The van der Waals surface area contributed by atoms with Crippen molar-refractivity contribution >= 4 is 12.6 Å². The number of aliphatic hydroxyl groups excluding tert-OH is 2. The van der Waals surface area contributed by atoms with Crippen molar-refractivity contribution in [2.24, 2.45) is 0 Å². The third kappa shape index (κ3) is 2.07. The van der Waals surface area contributed by atoms with Gasteiger partial charge in [0.05, 0.1) is 23.3 Å². The molecule has 3 rings (SSSR count). The second-order valence-electron chi connectivity index (χ2n) is 6.44. The van der Waals surface area contributed by atoms with Gasteiger partial charge in [-0.25, -0.2) is 0 Å². The fraction of sp³-hybridized carbons (Fsp3) is 0.857. The van der Waals surface area contributed by atoms with E-state index in [1.807, 2.05) is 0 Å². The summed E-state index contributed by atoms with van der Waals surface area (Å²) in [5.41, 5.74) is -0.747. The van der Waals surface area contributed by atoms with Gasteiger partial charge in [-0.1, -0.05) is 6.08 Å². The van der Waals surface area contributed by atoms with Crippen molar-refractivity contribution in [1.82, 2.24) is 5.06 Å². The molecule has 0 atom stereocenters. The number of nitrogens with zero attached hydrogens (tertiary/aromatic N) is 1.